The van der Waals surface area contributed by atoms with Crippen LogP contribution in [0.3, 0.4) is 0 Å². The van der Waals surface area contributed by atoms with Gasteiger partial charge in [-0.3, -0.25) is 9.59 Å². The lowest BCUT2D eigenvalue weighted by molar-refractivity contribution is -0.157. The number of benzene rings is 3. The van der Waals surface area contributed by atoms with Crippen molar-refractivity contribution in [3.05, 3.63) is 83.9 Å². The van der Waals surface area contributed by atoms with Crippen LogP contribution < -0.4 is 5.32 Å². The van der Waals surface area contributed by atoms with E-state index in [1.807, 2.05) is 61.5 Å². The molecule has 0 saturated carbocycles. The van der Waals surface area contributed by atoms with Gasteiger partial charge in [-0.1, -0.05) is 72.8 Å². The zero-order valence-electron chi connectivity index (χ0n) is 16.7. The van der Waals surface area contributed by atoms with Crippen LogP contribution in [-0.4, -0.2) is 28.8 Å². The third-order valence-electron chi connectivity index (χ3n) is 6.00. The Morgan fingerprint density at radius 3 is 2.45 bits per heavy atom. The first-order valence-corrected chi connectivity index (χ1v) is 10.2. The predicted octanol–water partition coefficient (Wildman–Crippen LogP) is 4.08. The maximum atomic E-state index is 12.9. The fourth-order valence-electron chi connectivity index (χ4n) is 4.04. The van der Waals surface area contributed by atoms with Crippen molar-refractivity contribution in [2.75, 3.05) is 6.54 Å². The summed E-state index contributed by atoms with van der Waals surface area (Å²) >= 11 is 0. The van der Waals surface area contributed by atoms with Crippen molar-refractivity contribution in [1.29, 1.82) is 0 Å². The Hall–Kier alpha value is -3.14. The van der Waals surface area contributed by atoms with Crippen molar-refractivity contribution in [2.24, 2.45) is 0 Å². The lowest BCUT2D eigenvalue weighted by Gasteiger charge is -2.49. The summed E-state index contributed by atoms with van der Waals surface area (Å²) in [6.45, 7) is 2.98. The van der Waals surface area contributed by atoms with Gasteiger partial charge in [0.05, 0.1) is 0 Å². The van der Waals surface area contributed by atoms with Gasteiger partial charge >= 0.3 is 0 Å². The Kier molecular flexibility index (Phi) is 5.34. The van der Waals surface area contributed by atoms with E-state index < -0.39 is 5.54 Å². The summed E-state index contributed by atoms with van der Waals surface area (Å²) in [6.07, 6.45) is 1.82. The second-order valence-electron chi connectivity index (χ2n) is 7.88. The van der Waals surface area contributed by atoms with Crippen LogP contribution in [0.1, 0.15) is 30.9 Å². The number of carbonyl (C=O) groups is 2. The number of amides is 2. The number of hydrogen-bond donors (Lipinski definition) is 1. The Morgan fingerprint density at radius 2 is 1.69 bits per heavy atom. The summed E-state index contributed by atoms with van der Waals surface area (Å²) in [7, 11) is 0. The molecule has 3 aromatic rings. The lowest BCUT2D eigenvalue weighted by atomic mass is 9.84. The van der Waals surface area contributed by atoms with Crippen molar-refractivity contribution in [3.8, 4) is 0 Å². The van der Waals surface area contributed by atoms with E-state index >= 15 is 0 Å². The molecule has 1 heterocycles. The average Bonchev–Trinajstić information content (AvgIpc) is 2.75. The van der Waals surface area contributed by atoms with Crippen LogP contribution >= 0.6 is 0 Å². The number of hydrogen-bond acceptors (Lipinski definition) is 2. The highest BCUT2D eigenvalue weighted by molar-refractivity contribution is 5.93. The molecule has 1 fully saturated rings. The summed E-state index contributed by atoms with van der Waals surface area (Å²) in [5.41, 5.74) is 1.48. The Morgan fingerprint density at radius 1 is 0.966 bits per heavy atom. The van der Waals surface area contributed by atoms with Gasteiger partial charge in [0.1, 0.15) is 5.54 Å². The third kappa shape index (κ3) is 3.88. The minimum atomic E-state index is -0.752. The molecule has 1 aliphatic rings. The summed E-state index contributed by atoms with van der Waals surface area (Å²) in [5, 5.41) is 5.36. The molecule has 4 rings (SSSR count). The van der Waals surface area contributed by atoms with Gasteiger partial charge < -0.3 is 10.2 Å². The highest BCUT2D eigenvalue weighted by atomic mass is 16.2. The van der Waals surface area contributed by atoms with Crippen molar-refractivity contribution in [2.45, 2.75) is 38.3 Å². The molecule has 1 unspecified atom stereocenters. The first-order chi connectivity index (χ1) is 14.1. The minimum absolute atomic E-state index is 0.0444. The van der Waals surface area contributed by atoms with Crippen molar-refractivity contribution < 1.29 is 9.59 Å². The van der Waals surface area contributed by atoms with Crippen molar-refractivity contribution >= 4 is 22.6 Å². The normalized spacial score (nSPS) is 18.3. The molecular weight excluding hydrogens is 360 g/mol. The van der Waals surface area contributed by atoms with E-state index in [-0.39, 0.29) is 11.8 Å². The molecule has 0 aromatic heterocycles. The van der Waals surface area contributed by atoms with Gasteiger partial charge in [0.2, 0.25) is 11.8 Å². The van der Waals surface area contributed by atoms with Gasteiger partial charge in [-0.05, 0) is 41.7 Å². The van der Waals surface area contributed by atoms with E-state index in [0.717, 1.165) is 21.9 Å². The largest absolute Gasteiger partial charge is 0.350 e. The van der Waals surface area contributed by atoms with Crippen molar-refractivity contribution in [3.63, 3.8) is 0 Å². The molecule has 1 atom stereocenters. The Bertz CT molecular complexity index is 1030. The standard InChI is InChI=1S/C25H26N2O2/c1-25(16-17-27(25)23(28)15-14-19-8-3-2-4-9-19)24(29)26-18-21-12-7-11-20-10-5-6-13-22(20)21/h2-13H,14-18H2,1H3,(H,26,29). The first kappa shape index (κ1) is 19.2. The number of rotatable bonds is 6. The first-order valence-electron chi connectivity index (χ1n) is 10.2. The van der Waals surface area contributed by atoms with Gasteiger partial charge in [0, 0.05) is 19.5 Å². The summed E-state index contributed by atoms with van der Waals surface area (Å²) < 4.78 is 0. The summed E-state index contributed by atoms with van der Waals surface area (Å²) in [4.78, 5) is 27.4. The van der Waals surface area contributed by atoms with Gasteiger partial charge in [-0.2, -0.15) is 0 Å². The minimum Gasteiger partial charge on any atom is -0.350 e. The molecule has 148 valence electrons. The zero-order valence-corrected chi connectivity index (χ0v) is 16.7. The second kappa shape index (κ2) is 8.08. The highest BCUT2D eigenvalue weighted by Crippen LogP contribution is 2.31. The van der Waals surface area contributed by atoms with Gasteiger partial charge in [0.25, 0.3) is 0 Å². The zero-order chi connectivity index (χ0) is 20.3. The van der Waals surface area contributed by atoms with Gasteiger partial charge in [-0.25, -0.2) is 0 Å². The van der Waals surface area contributed by atoms with E-state index in [2.05, 4.69) is 23.5 Å². The van der Waals surface area contributed by atoms with Crippen LogP contribution in [0.15, 0.2) is 72.8 Å². The monoisotopic (exact) mass is 386 g/mol. The topological polar surface area (TPSA) is 49.4 Å². The van der Waals surface area contributed by atoms with E-state index in [9.17, 15) is 9.59 Å². The fourth-order valence-corrected chi connectivity index (χ4v) is 4.04. The molecule has 4 heteroatoms. The molecule has 0 spiro atoms. The highest BCUT2D eigenvalue weighted by Gasteiger charge is 2.48. The number of carbonyl (C=O) groups excluding carboxylic acids is 2. The summed E-state index contributed by atoms with van der Waals surface area (Å²) in [5.74, 6) is -0.0346. The molecule has 1 saturated heterocycles. The van der Waals surface area contributed by atoms with E-state index in [1.165, 1.54) is 0 Å². The number of aryl methyl sites for hydroxylation is 1. The number of nitrogens with zero attached hydrogens (tertiary/aromatic N) is 1. The van der Waals surface area contributed by atoms with Crippen LogP contribution in [0.5, 0.6) is 0 Å². The predicted molar refractivity (Wildman–Crippen MR) is 115 cm³/mol. The van der Waals surface area contributed by atoms with E-state index in [1.54, 1.807) is 4.90 Å². The van der Waals surface area contributed by atoms with Crippen molar-refractivity contribution in [1.82, 2.24) is 10.2 Å². The summed E-state index contributed by atoms with van der Waals surface area (Å²) in [6, 6.07) is 24.3. The maximum absolute atomic E-state index is 12.9. The van der Waals surface area contributed by atoms with E-state index in [4.69, 9.17) is 0 Å². The molecule has 0 radical (unpaired) electrons. The smallest absolute Gasteiger partial charge is 0.246 e. The molecule has 4 nitrogen and oxygen atoms in total. The van der Waals surface area contributed by atoms with Crippen LogP contribution in [0.2, 0.25) is 0 Å². The van der Waals surface area contributed by atoms with Gasteiger partial charge in [0.15, 0.2) is 0 Å². The second-order valence-corrected chi connectivity index (χ2v) is 7.88. The number of fused-ring (bicyclic) bond motifs is 1. The van der Waals surface area contributed by atoms with Gasteiger partial charge in [-0.15, -0.1) is 0 Å². The molecular formula is C25H26N2O2. The molecule has 29 heavy (non-hydrogen) atoms. The number of nitrogens with one attached hydrogen (secondary N) is 1. The molecule has 0 aliphatic carbocycles. The molecule has 1 aliphatic heterocycles. The molecule has 2 amide bonds. The lowest BCUT2D eigenvalue weighted by Crippen LogP contribution is -2.67. The molecule has 0 bridgehead atoms. The average molecular weight is 386 g/mol. The van der Waals surface area contributed by atoms with Crippen LogP contribution in [0, 0.1) is 0 Å². The quantitative estimate of drug-likeness (QED) is 0.694. The van der Waals surface area contributed by atoms with E-state index in [0.29, 0.717) is 32.4 Å². The number of likely N-dealkylation sites (tertiary alicyclic amines) is 1. The molecule has 3 aromatic carbocycles. The maximum Gasteiger partial charge on any atom is 0.246 e. The third-order valence-corrected chi connectivity index (χ3v) is 6.00. The molecule has 1 N–H and O–H groups in total. The fraction of sp³-hybridized carbons (Fsp3) is 0.280. The Labute approximate surface area is 171 Å². The van der Waals surface area contributed by atoms with Crippen LogP contribution in [0.4, 0.5) is 0 Å². The van der Waals surface area contributed by atoms with Crippen LogP contribution in [0.25, 0.3) is 10.8 Å². The SMILES string of the molecule is CC1(C(=O)NCc2cccc3ccccc23)CCN1C(=O)CCc1ccccc1. The Balaban J connectivity index is 1.38. The van der Waals surface area contributed by atoms with Crippen LogP contribution in [-0.2, 0) is 22.6 Å².